The molecule has 3 aliphatic rings. The van der Waals surface area contributed by atoms with E-state index in [4.69, 9.17) is 14.7 Å². The van der Waals surface area contributed by atoms with Crippen LogP contribution in [0.3, 0.4) is 0 Å². The lowest BCUT2D eigenvalue weighted by molar-refractivity contribution is 0.163. The minimum Gasteiger partial charge on any atom is -0.487 e. The van der Waals surface area contributed by atoms with Gasteiger partial charge in [-0.25, -0.2) is 18.7 Å². The van der Waals surface area contributed by atoms with Crippen molar-refractivity contribution in [2.45, 2.75) is 63.8 Å². The van der Waals surface area contributed by atoms with Crippen LogP contribution in [0.1, 0.15) is 49.1 Å². The predicted molar refractivity (Wildman–Crippen MR) is 140 cm³/mol. The third kappa shape index (κ3) is 5.54. The Balaban J connectivity index is 1.16. The average Bonchev–Trinajstić information content (AvgIpc) is 2.88. The summed E-state index contributed by atoms with van der Waals surface area (Å²) >= 11 is 0. The molecule has 6 nitrogen and oxygen atoms in total. The van der Waals surface area contributed by atoms with Crippen LogP contribution in [-0.2, 0) is 19.5 Å². The zero-order valence-electron chi connectivity index (χ0n) is 21.0. The van der Waals surface area contributed by atoms with Gasteiger partial charge in [0.15, 0.2) is 23.2 Å². The number of fused-ring (bicyclic) bond motifs is 1. The highest BCUT2D eigenvalue weighted by atomic mass is 19.1. The summed E-state index contributed by atoms with van der Waals surface area (Å²) in [6.07, 6.45) is 5.83. The van der Waals surface area contributed by atoms with Gasteiger partial charge < -0.3 is 15.0 Å². The normalized spacial score (nSPS) is 18.8. The van der Waals surface area contributed by atoms with Gasteiger partial charge in [0, 0.05) is 64.1 Å². The Morgan fingerprint density at radius 3 is 2.46 bits per heavy atom. The van der Waals surface area contributed by atoms with E-state index in [9.17, 15) is 8.78 Å². The second-order valence-corrected chi connectivity index (χ2v) is 10.4. The molecule has 37 heavy (non-hydrogen) atoms. The molecule has 1 saturated carbocycles. The molecular formula is C29H33F2N5O. The number of halogens is 2. The van der Waals surface area contributed by atoms with Gasteiger partial charge in [-0.3, -0.25) is 4.90 Å². The molecule has 8 heteroatoms. The summed E-state index contributed by atoms with van der Waals surface area (Å²) in [7, 11) is 0. The standard InChI is InChI=1S/C29H33F2N5O/c30-21-9-10-27(24(31)17-21)37-23-11-15-36(16-12-23)29-28(32-22-7-4-8-22)33-26-19-35(14-13-25(26)34-29)18-20-5-2-1-3-6-20/h1-3,5-6,9-10,17,22-23H,4,7-8,11-16,18-19H2,(H,32,33). The molecule has 0 spiro atoms. The van der Waals surface area contributed by atoms with Crippen molar-refractivity contribution in [3.05, 3.63) is 77.1 Å². The van der Waals surface area contributed by atoms with Crippen LogP contribution < -0.4 is 15.0 Å². The van der Waals surface area contributed by atoms with E-state index in [-0.39, 0.29) is 11.9 Å². The van der Waals surface area contributed by atoms with Crippen molar-refractivity contribution in [3.63, 3.8) is 0 Å². The molecule has 6 rings (SSSR count). The first-order valence-corrected chi connectivity index (χ1v) is 13.4. The second-order valence-electron chi connectivity index (χ2n) is 10.4. The van der Waals surface area contributed by atoms with E-state index in [0.29, 0.717) is 6.04 Å². The third-order valence-electron chi connectivity index (χ3n) is 7.69. The fraction of sp³-hybridized carbons (Fsp3) is 0.448. The Morgan fingerprint density at radius 2 is 1.73 bits per heavy atom. The number of ether oxygens (including phenoxy) is 1. The minimum atomic E-state index is -0.656. The molecule has 0 radical (unpaired) electrons. The molecule has 0 amide bonds. The van der Waals surface area contributed by atoms with E-state index >= 15 is 0 Å². The maximum atomic E-state index is 14.1. The van der Waals surface area contributed by atoms with Crippen molar-refractivity contribution in [3.8, 4) is 5.75 Å². The lowest BCUT2D eigenvalue weighted by Gasteiger charge is -2.36. The number of nitrogens with one attached hydrogen (secondary N) is 1. The largest absolute Gasteiger partial charge is 0.487 e. The maximum Gasteiger partial charge on any atom is 0.172 e. The van der Waals surface area contributed by atoms with E-state index in [1.54, 1.807) is 0 Å². The molecule has 1 aliphatic carbocycles. The van der Waals surface area contributed by atoms with Crippen molar-refractivity contribution < 1.29 is 13.5 Å². The summed E-state index contributed by atoms with van der Waals surface area (Å²) in [5.41, 5.74) is 3.47. The van der Waals surface area contributed by atoms with Crippen LogP contribution in [0.2, 0.25) is 0 Å². The maximum absolute atomic E-state index is 14.1. The first kappa shape index (κ1) is 24.1. The molecule has 3 heterocycles. The molecule has 0 atom stereocenters. The third-order valence-corrected chi connectivity index (χ3v) is 7.69. The number of hydrogen-bond acceptors (Lipinski definition) is 6. The number of nitrogens with zero attached hydrogens (tertiary/aromatic N) is 4. The van der Waals surface area contributed by atoms with Crippen LogP contribution in [0.25, 0.3) is 0 Å². The fourth-order valence-corrected chi connectivity index (χ4v) is 5.35. The van der Waals surface area contributed by atoms with Gasteiger partial charge in [-0.1, -0.05) is 30.3 Å². The molecule has 2 aliphatic heterocycles. The Hall–Kier alpha value is -3.26. The summed E-state index contributed by atoms with van der Waals surface area (Å²) in [6.45, 7) is 4.18. The van der Waals surface area contributed by atoms with E-state index in [2.05, 4.69) is 45.4 Å². The van der Waals surface area contributed by atoms with Crippen molar-refractivity contribution in [1.82, 2.24) is 14.9 Å². The van der Waals surface area contributed by atoms with E-state index in [1.165, 1.54) is 24.1 Å². The molecule has 1 N–H and O–H groups in total. The highest BCUT2D eigenvalue weighted by molar-refractivity contribution is 5.63. The molecule has 2 fully saturated rings. The number of aromatic nitrogens is 2. The van der Waals surface area contributed by atoms with Crippen LogP contribution >= 0.6 is 0 Å². The Kier molecular flexibility index (Phi) is 6.91. The van der Waals surface area contributed by atoms with Crippen LogP contribution in [0, 0.1) is 11.6 Å². The molecule has 194 valence electrons. The summed E-state index contributed by atoms with van der Waals surface area (Å²) in [6, 6.07) is 14.5. The zero-order chi connectivity index (χ0) is 25.2. The quantitative estimate of drug-likeness (QED) is 0.469. The van der Waals surface area contributed by atoms with Gasteiger partial charge >= 0.3 is 0 Å². The zero-order valence-corrected chi connectivity index (χ0v) is 21.0. The van der Waals surface area contributed by atoms with Crippen LogP contribution in [0.4, 0.5) is 20.4 Å². The van der Waals surface area contributed by atoms with Gasteiger partial charge in [0.2, 0.25) is 0 Å². The molecule has 0 unspecified atom stereocenters. The highest BCUT2D eigenvalue weighted by Gasteiger charge is 2.29. The molecular weight excluding hydrogens is 472 g/mol. The highest BCUT2D eigenvalue weighted by Crippen LogP contribution is 2.33. The summed E-state index contributed by atoms with van der Waals surface area (Å²) in [5.74, 6) is 0.667. The topological polar surface area (TPSA) is 53.5 Å². The first-order chi connectivity index (χ1) is 18.1. The Labute approximate surface area is 216 Å². The Bertz CT molecular complexity index is 1230. The molecule has 2 aromatic carbocycles. The first-order valence-electron chi connectivity index (χ1n) is 13.4. The van der Waals surface area contributed by atoms with Gasteiger partial charge in [-0.15, -0.1) is 0 Å². The van der Waals surface area contributed by atoms with E-state index < -0.39 is 11.6 Å². The van der Waals surface area contributed by atoms with Gasteiger partial charge in [-0.2, -0.15) is 0 Å². The number of anilines is 2. The Morgan fingerprint density at radius 1 is 0.919 bits per heavy atom. The van der Waals surface area contributed by atoms with Gasteiger partial charge in [0.25, 0.3) is 0 Å². The molecule has 1 saturated heterocycles. The van der Waals surface area contributed by atoms with Crippen LogP contribution in [0.15, 0.2) is 48.5 Å². The lowest BCUT2D eigenvalue weighted by Crippen LogP contribution is -2.40. The molecule has 0 bridgehead atoms. The molecule has 1 aromatic heterocycles. The average molecular weight is 506 g/mol. The predicted octanol–water partition coefficient (Wildman–Crippen LogP) is 5.33. The summed E-state index contributed by atoms with van der Waals surface area (Å²) in [5, 5.41) is 3.67. The monoisotopic (exact) mass is 505 g/mol. The lowest BCUT2D eigenvalue weighted by atomic mass is 9.93. The number of rotatable bonds is 7. The second kappa shape index (κ2) is 10.6. The summed E-state index contributed by atoms with van der Waals surface area (Å²) < 4.78 is 33.2. The summed E-state index contributed by atoms with van der Waals surface area (Å²) in [4.78, 5) is 15.0. The van der Waals surface area contributed by atoms with Crippen molar-refractivity contribution >= 4 is 11.6 Å². The van der Waals surface area contributed by atoms with Crippen LogP contribution in [0.5, 0.6) is 5.75 Å². The smallest absolute Gasteiger partial charge is 0.172 e. The van der Waals surface area contributed by atoms with Crippen molar-refractivity contribution in [1.29, 1.82) is 0 Å². The number of benzene rings is 2. The number of hydrogen-bond donors (Lipinski definition) is 1. The minimum absolute atomic E-state index is 0.112. The molecule has 3 aromatic rings. The van der Waals surface area contributed by atoms with Crippen molar-refractivity contribution in [2.24, 2.45) is 0 Å². The van der Waals surface area contributed by atoms with E-state index in [1.807, 2.05) is 0 Å². The van der Waals surface area contributed by atoms with Crippen LogP contribution in [-0.4, -0.2) is 46.6 Å². The fourth-order valence-electron chi connectivity index (χ4n) is 5.35. The number of piperidine rings is 1. The van der Waals surface area contributed by atoms with E-state index in [0.717, 1.165) is 93.9 Å². The van der Waals surface area contributed by atoms with Gasteiger partial charge in [-0.05, 0) is 37.0 Å². The SMILES string of the molecule is Fc1ccc(OC2CCN(c3nc4c(nc3NC3CCC3)CN(Cc3ccccc3)CC4)CC2)c(F)c1. The van der Waals surface area contributed by atoms with Gasteiger partial charge in [0.05, 0.1) is 11.4 Å². The van der Waals surface area contributed by atoms with Crippen molar-refractivity contribution in [2.75, 3.05) is 29.9 Å². The van der Waals surface area contributed by atoms with Gasteiger partial charge in [0.1, 0.15) is 11.9 Å².